The quantitative estimate of drug-likeness (QED) is 0.886. The first-order valence-electron chi connectivity index (χ1n) is 7.93. The third kappa shape index (κ3) is 3.32. The van der Waals surface area contributed by atoms with Gasteiger partial charge in [0.25, 0.3) is 0 Å². The van der Waals surface area contributed by atoms with E-state index in [9.17, 15) is 13.2 Å². The third-order valence-electron chi connectivity index (χ3n) is 4.57. The van der Waals surface area contributed by atoms with Gasteiger partial charge in [0.2, 0.25) is 10.0 Å². The second kappa shape index (κ2) is 6.45. The van der Waals surface area contributed by atoms with Crippen molar-refractivity contribution in [2.75, 3.05) is 31.1 Å². The zero-order valence-corrected chi connectivity index (χ0v) is 13.7. The zero-order chi connectivity index (χ0) is 16.4. The predicted molar refractivity (Wildman–Crippen MR) is 86.2 cm³/mol. The smallest absolute Gasteiger partial charge is 0.354 e. The van der Waals surface area contributed by atoms with E-state index in [4.69, 9.17) is 5.11 Å². The molecule has 0 aliphatic carbocycles. The number of rotatable bonds is 4. The van der Waals surface area contributed by atoms with Crippen LogP contribution in [0.5, 0.6) is 0 Å². The number of carboxylic acids is 1. The van der Waals surface area contributed by atoms with E-state index in [0.29, 0.717) is 44.8 Å². The van der Waals surface area contributed by atoms with Gasteiger partial charge in [-0.25, -0.2) is 22.5 Å². The molecule has 2 saturated heterocycles. The minimum Gasteiger partial charge on any atom is -0.477 e. The minimum absolute atomic E-state index is 0.00862. The first-order chi connectivity index (χ1) is 11.0. The Morgan fingerprint density at radius 2 is 1.78 bits per heavy atom. The fourth-order valence-corrected chi connectivity index (χ4v) is 5.25. The maximum atomic E-state index is 12.6. The van der Waals surface area contributed by atoms with Crippen molar-refractivity contribution < 1.29 is 18.3 Å². The normalized spacial score (nSPS) is 20.8. The van der Waals surface area contributed by atoms with E-state index in [0.717, 1.165) is 12.8 Å². The molecule has 1 aromatic rings. The van der Waals surface area contributed by atoms with E-state index in [1.54, 1.807) is 16.4 Å². The van der Waals surface area contributed by atoms with Gasteiger partial charge in [-0.1, -0.05) is 6.07 Å². The Morgan fingerprint density at radius 1 is 1.13 bits per heavy atom. The molecule has 126 valence electrons. The Hall–Kier alpha value is -1.67. The number of carbonyl (C=O) groups is 1. The molecule has 7 nitrogen and oxygen atoms in total. The lowest BCUT2D eigenvalue weighted by Crippen LogP contribution is -2.44. The van der Waals surface area contributed by atoms with E-state index in [-0.39, 0.29) is 10.9 Å². The molecule has 3 heterocycles. The number of piperidine rings is 1. The number of anilines is 1. The van der Waals surface area contributed by atoms with Crippen molar-refractivity contribution in [1.82, 2.24) is 9.29 Å². The summed E-state index contributed by atoms with van der Waals surface area (Å²) in [5, 5.41) is 8.68. The van der Waals surface area contributed by atoms with E-state index < -0.39 is 16.0 Å². The van der Waals surface area contributed by atoms with Crippen LogP contribution in [-0.2, 0) is 10.0 Å². The van der Waals surface area contributed by atoms with Crippen LogP contribution in [0.3, 0.4) is 0 Å². The first-order valence-corrected chi connectivity index (χ1v) is 9.43. The van der Waals surface area contributed by atoms with Gasteiger partial charge in [0, 0.05) is 26.2 Å². The molecule has 1 aromatic heterocycles. The molecular formula is C15H21N3O4S. The number of hydrogen-bond acceptors (Lipinski definition) is 5. The van der Waals surface area contributed by atoms with Gasteiger partial charge in [-0.15, -0.1) is 0 Å². The molecule has 23 heavy (non-hydrogen) atoms. The molecule has 0 saturated carbocycles. The Kier molecular flexibility index (Phi) is 4.54. The number of nitrogens with zero attached hydrogens (tertiary/aromatic N) is 3. The van der Waals surface area contributed by atoms with Crippen molar-refractivity contribution in [2.45, 2.75) is 30.9 Å². The highest BCUT2D eigenvalue weighted by molar-refractivity contribution is 7.89. The summed E-state index contributed by atoms with van der Waals surface area (Å²) >= 11 is 0. The van der Waals surface area contributed by atoms with Crippen LogP contribution < -0.4 is 4.90 Å². The molecule has 0 radical (unpaired) electrons. The molecule has 8 heteroatoms. The molecule has 0 bridgehead atoms. The summed E-state index contributed by atoms with van der Waals surface area (Å²) in [5.41, 5.74) is 0.00862. The van der Waals surface area contributed by atoms with Crippen molar-refractivity contribution in [3.8, 4) is 0 Å². The lowest BCUT2D eigenvalue weighted by Gasteiger charge is -2.34. The van der Waals surface area contributed by atoms with E-state index in [2.05, 4.69) is 4.98 Å². The van der Waals surface area contributed by atoms with Crippen LogP contribution in [0.2, 0.25) is 0 Å². The standard InChI is InChI=1S/C15H21N3O4S/c19-15(20)13-4-3-5-14(16-13)17-10-6-12(7-11-17)23(21,22)18-8-1-2-9-18/h3-5,12H,1-2,6-11H2,(H,19,20). The van der Waals surface area contributed by atoms with Gasteiger partial charge in [-0.2, -0.15) is 0 Å². The molecule has 3 rings (SSSR count). The highest BCUT2D eigenvalue weighted by Gasteiger charge is 2.36. The van der Waals surface area contributed by atoms with Crippen LogP contribution in [-0.4, -0.2) is 60.2 Å². The average Bonchev–Trinajstić information content (AvgIpc) is 3.10. The van der Waals surface area contributed by atoms with Crippen LogP contribution in [0.1, 0.15) is 36.2 Å². The lowest BCUT2D eigenvalue weighted by molar-refractivity contribution is 0.0690. The van der Waals surface area contributed by atoms with Gasteiger partial charge in [-0.3, -0.25) is 0 Å². The molecule has 1 N–H and O–H groups in total. The average molecular weight is 339 g/mol. The predicted octanol–water partition coefficient (Wildman–Crippen LogP) is 1.17. The second-order valence-corrected chi connectivity index (χ2v) is 8.24. The number of aromatic nitrogens is 1. The van der Waals surface area contributed by atoms with Crippen molar-refractivity contribution in [3.63, 3.8) is 0 Å². The summed E-state index contributed by atoms with van der Waals surface area (Å²) in [4.78, 5) is 17.1. The van der Waals surface area contributed by atoms with Gasteiger partial charge in [0.15, 0.2) is 5.69 Å². The number of carboxylic acid groups (broad SMARTS) is 1. The Labute approximate surface area is 136 Å². The maximum absolute atomic E-state index is 12.6. The maximum Gasteiger partial charge on any atom is 0.354 e. The summed E-state index contributed by atoms with van der Waals surface area (Å²) in [5.74, 6) is -0.458. The lowest BCUT2D eigenvalue weighted by atomic mass is 10.1. The number of pyridine rings is 1. The van der Waals surface area contributed by atoms with Crippen LogP contribution in [0, 0.1) is 0 Å². The third-order valence-corrected chi connectivity index (χ3v) is 6.96. The summed E-state index contributed by atoms with van der Waals surface area (Å²) in [6.45, 7) is 2.44. The van der Waals surface area contributed by atoms with Crippen LogP contribution >= 0.6 is 0 Å². The van der Waals surface area contributed by atoms with Gasteiger partial charge >= 0.3 is 5.97 Å². The largest absolute Gasteiger partial charge is 0.477 e. The molecule has 0 spiro atoms. The highest BCUT2D eigenvalue weighted by Crippen LogP contribution is 2.26. The topological polar surface area (TPSA) is 90.8 Å². The Bertz CT molecular complexity index is 678. The van der Waals surface area contributed by atoms with Crippen molar-refractivity contribution in [2.24, 2.45) is 0 Å². The van der Waals surface area contributed by atoms with Gasteiger partial charge in [-0.05, 0) is 37.8 Å². The van der Waals surface area contributed by atoms with Gasteiger partial charge in [0.1, 0.15) is 5.82 Å². The molecule has 0 unspecified atom stereocenters. The monoisotopic (exact) mass is 339 g/mol. The molecule has 2 aliphatic rings. The van der Waals surface area contributed by atoms with Crippen molar-refractivity contribution >= 4 is 21.8 Å². The fraction of sp³-hybridized carbons (Fsp3) is 0.600. The number of aromatic carboxylic acids is 1. The first kappa shape index (κ1) is 16.2. The van der Waals surface area contributed by atoms with Crippen LogP contribution in [0.25, 0.3) is 0 Å². The highest BCUT2D eigenvalue weighted by atomic mass is 32.2. The zero-order valence-electron chi connectivity index (χ0n) is 12.9. The van der Waals surface area contributed by atoms with Crippen LogP contribution in [0.4, 0.5) is 5.82 Å². The Morgan fingerprint density at radius 3 is 2.39 bits per heavy atom. The van der Waals surface area contributed by atoms with Crippen molar-refractivity contribution in [3.05, 3.63) is 23.9 Å². The van der Waals surface area contributed by atoms with E-state index in [1.807, 2.05) is 4.90 Å². The van der Waals surface area contributed by atoms with Gasteiger partial charge in [0.05, 0.1) is 5.25 Å². The SMILES string of the molecule is O=C(O)c1cccc(N2CCC(S(=O)(=O)N3CCCC3)CC2)n1. The number of sulfonamides is 1. The van der Waals surface area contributed by atoms with E-state index >= 15 is 0 Å². The summed E-state index contributed by atoms with van der Waals surface area (Å²) in [6.07, 6.45) is 3.00. The van der Waals surface area contributed by atoms with Gasteiger partial charge < -0.3 is 10.0 Å². The molecule has 2 aliphatic heterocycles. The summed E-state index contributed by atoms with van der Waals surface area (Å²) < 4.78 is 26.8. The fourth-order valence-electron chi connectivity index (χ4n) is 3.25. The molecule has 2 fully saturated rings. The van der Waals surface area contributed by atoms with Crippen molar-refractivity contribution in [1.29, 1.82) is 0 Å². The molecule has 0 amide bonds. The van der Waals surface area contributed by atoms with Crippen LogP contribution in [0.15, 0.2) is 18.2 Å². The Balaban J connectivity index is 1.66. The summed E-state index contributed by atoms with van der Waals surface area (Å²) in [6, 6.07) is 4.89. The molecule has 0 atom stereocenters. The minimum atomic E-state index is -3.20. The van der Waals surface area contributed by atoms with E-state index in [1.165, 1.54) is 6.07 Å². The molecule has 0 aromatic carbocycles. The summed E-state index contributed by atoms with van der Waals surface area (Å²) in [7, 11) is -3.20. The molecular weight excluding hydrogens is 318 g/mol. The second-order valence-electron chi connectivity index (χ2n) is 6.02. The number of hydrogen-bond donors (Lipinski definition) is 1.